The Morgan fingerprint density at radius 1 is 0.974 bits per heavy atom. The molecule has 208 valence electrons. The molecule has 3 rings (SSSR count). The maximum Gasteiger partial charge on any atom is 0.430 e. The van der Waals surface area contributed by atoms with E-state index in [0.717, 1.165) is 18.3 Å². The minimum atomic E-state index is -6.01. The number of piperazine rings is 1. The maximum atomic E-state index is 13.3. The predicted molar refractivity (Wildman–Crippen MR) is 128 cm³/mol. The average molecular weight is 565 g/mol. The lowest BCUT2D eigenvalue weighted by Gasteiger charge is -2.40. The minimum absolute atomic E-state index is 0.0350. The summed E-state index contributed by atoms with van der Waals surface area (Å²) < 4.78 is 107. The summed E-state index contributed by atoms with van der Waals surface area (Å²) in [6.45, 7) is 5.33. The molecular weight excluding hydrogens is 538 g/mol. The summed E-state index contributed by atoms with van der Waals surface area (Å²) in [6, 6.07) is 4.98. The van der Waals surface area contributed by atoms with E-state index in [2.05, 4.69) is 16.8 Å². The number of pyridine rings is 1. The summed E-state index contributed by atoms with van der Waals surface area (Å²) >= 11 is 0. The third-order valence-corrected chi connectivity index (χ3v) is 7.64. The Balaban J connectivity index is 1.97. The molecule has 0 saturated carbocycles. The van der Waals surface area contributed by atoms with Gasteiger partial charge in [-0.25, -0.2) is 13.4 Å². The molecule has 0 aliphatic carbocycles. The maximum absolute atomic E-state index is 13.3. The van der Waals surface area contributed by atoms with Crippen LogP contribution in [0.25, 0.3) is 0 Å². The van der Waals surface area contributed by atoms with Crippen LogP contribution in [0.3, 0.4) is 0 Å². The molecule has 0 bridgehead atoms. The molecule has 7 nitrogen and oxygen atoms in total. The Bertz CT molecular complexity index is 1300. The molecule has 1 atom stereocenters. The van der Waals surface area contributed by atoms with Crippen LogP contribution in [0.2, 0.25) is 0 Å². The lowest BCUT2D eigenvalue weighted by atomic mass is 9.92. The molecule has 0 spiro atoms. The van der Waals surface area contributed by atoms with E-state index in [1.807, 2.05) is 20.8 Å². The van der Waals surface area contributed by atoms with Crippen LogP contribution in [-0.4, -0.2) is 60.8 Å². The van der Waals surface area contributed by atoms with E-state index >= 15 is 0 Å². The number of sulfonamides is 1. The average Bonchev–Trinajstić information content (AvgIpc) is 2.80. The molecule has 38 heavy (non-hydrogen) atoms. The van der Waals surface area contributed by atoms with Gasteiger partial charge in [-0.15, -0.1) is 0 Å². The molecule has 0 amide bonds. The first-order valence-corrected chi connectivity index (χ1v) is 12.7. The number of alkyl halides is 6. The zero-order valence-electron chi connectivity index (χ0n) is 20.6. The van der Waals surface area contributed by atoms with Crippen molar-refractivity contribution in [3.8, 4) is 11.8 Å². The van der Waals surface area contributed by atoms with Crippen LogP contribution in [0, 0.1) is 17.3 Å². The number of anilines is 2. The Morgan fingerprint density at radius 3 is 2.03 bits per heavy atom. The second-order valence-corrected chi connectivity index (χ2v) is 11.7. The molecule has 1 aliphatic rings. The molecule has 1 saturated heterocycles. The third kappa shape index (κ3) is 5.84. The highest BCUT2D eigenvalue weighted by atomic mass is 32.2. The van der Waals surface area contributed by atoms with Gasteiger partial charge in [-0.3, -0.25) is 0 Å². The van der Waals surface area contributed by atoms with Crippen LogP contribution in [-0.2, 0) is 15.6 Å². The number of rotatable bonds is 4. The summed E-state index contributed by atoms with van der Waals surface area (Å²) in [4.78, 5) is 5.31. The fourth-order valence-electron chi connectivity index (χ4n) is 3.78. The number of nitrogens with zero attached hydrogens (tertiary/aromatic N) is 3. The fraction of sp³-hybridized carbons (Fsp3) is 0.458. The summed E-state index contributed by atoms with van der Waals surface area (Å²) in [7, 11) is -3.99. The van der Waals surface area contributed by atoms with Gasteiger partial charge in [-0.1, -0.05) is 24.0 Å². The van der Waals surface area contributed by atoms with Crippen molar-refractivity contribution in [1.29, 1.82) is 0 Å². The van der Waals surface area contributed by atoms with Crippen LogP contribution in [0.1, 0.15) is 26.3 Å². The Morgan fingerprint density at radius 2 is 1.55 bits per heavy atom. The fourth-order valence-corrected chi connectivity index (χ4v) is 5.17. The van der Waals surface area contributed by atoms with Crippen LogP contribution < -0.4 is 10.6 Å². The van der Waals surface area contributed by atoms with E-state index < -0.39 is 45.0 Å². The van der Waals surface area contributed by atoms with Crippen LogP contribution in [0.5, 0.6) is 0 Å². The van der Waals surface area contributed by atoms with Gasteiger partial charge in [0.25, 0.3) is 5.60 Å². The van der Waals surface area contributed by atoms with E-state index in [0.29, 0.717) is 12.1 Å². The lowest BCUT2D eigenvalue weighted by molar-refractivity contribution is -0.376. The molecule has 1 aliphatic heterocycles. The van der Waals surface area contributed by atoms with Crippen LogP contribution in [0.15, 0.2) is 47.5 Å². The Labute approximate surface area is 216 Å². The van der Waals surface area contributed by atoms with Crippen molar-refractivity contribution in [3.63, 3.8) is 0 Å². The number of benzene rings is 1. The number of aliphatic hydroxyl groups is 1. The second kappa shape index (κ2) is 9.94. The zero-order valence-corrected chi connectivity index (χ0v) is 21.4. The van der Waals surface area contributed by atoms with Crippen molar-refractivity contribution < 1.29 is 39.9 Å². The summed E-state index contributed by atoms with van der Waals surface area (Å²) in [5.41, 5.74) is -1.18. The smallest absolute Gasteiger partial charge is 0.384 e. The van der Waals surface area contributed by atoms with Gasteiger partial charge in [0, 0.05) is 42.5 Å². The number of aromatic nitrogens is 1. The van der Waals surface area contributed by atoms with Gasteiger partial charge >= 0.3 is 12.4 Å². The molecule has 0 unspecified atom stereocenters. The van der Waals surface area contributed by atoms with Crippen LogP contribution >= 0.6 is 0 Å². The van der Waals surface area contributed by atoms with Gasteiger partial charge in [0.1, 0.15) is 16.8 Å². The highest BCUT2D eigenvalue weighted by Crippen LogP contribution is 2.50. The highest BCUT2D eigenvalue weighted by Gasteiger charge is 2.71. The standard InChI is InChI=1S/C24H26F6N4O3S/c1-21(2,3)11-10-18-15-33(38(36,37)19-8-9-20(31)32-14-19)12-13-34(18)17-6-4-16(5-7-17)22(35,23(25,26)27)24(28,29)30/h4-9,14,18,35H,12-13,15H2,1-3H3,(H2,31,32)/t18-/m0/s1. The second-order valence-electron chi connectivity index (χ2n) is 9.76. The number of nitrogens with two attached hydrogens (primary N) is 1. The Hall–Kier alpha value is -3.02. The first kappa shape index (κ1) is 29.5. The van der Waals surface area contributed by atoms with Crippen molar-refractivity contribution in [2.24, 2.45) is 5.41 Å². The van der Waals surface area contributed by atoms with Gasteiger partial charge in [0.15, 0.2) is 0 Å². The van der Waals surface area contributed by atoms with E-state index in [9.17, 15) is 39.9 Å². The van der Waals surface area contributed by atoms with Gasteiger partial charge in [-0.05, 0) is 45.0 Å². The van der Waals surface area contributed by atoms with Crippen molar-refractivity contribution in [1.82, 2.24) is 9.29 Å². The summed E-state index contributed by atoms with van der Waals surface area (Å²) in [5.74, 6) is 6.13. The molecule has 2 heterocycles. The first-order valence-electron chi connectivity index (χ1n) is 11.2. The van der Waals surface area contributed by atoms with Gasteiger partial charge < -0.3 is 15.7 Å². The molecule has 0 radical (unpaired) electrons. The van der Waals surface area contributed by atoms with Crippen LogP contribution in [0.4, 0.5) is 37.8 Å². The van der Waals surface area contributed by atoms with Crippen molar-refractivity contribution in [3.05, 3.63) is 48.2 Å². The van der Waals surface area contributed by atoms with E-state index in [1.165, 1.54) is 16.4 Å². The number of hydrogen-bond acceptors (Lipinski definition) is 6. The number of nitrogen functional groups attached to an aromatic ring is 1. The van der Waals surface area contributed by atoms with E-state index in [-0.39, 0.29) is 36.0 Å². The molecule has 3 N–H and O–H groups in total. The SMILES string of the molecule is CC(C)(C)C#C[C@H]1CN(S(=O)(=O)c2ccc(N)nc2)CCN1c1ccc(C(O)(C(F)(F)F)C(F)(F)F)cc1. The minimum Gasteiger partial charge on any atom is -0.384 e. The number of halogens is 6. The monoisotopic (exact) mass is 564 g/mol. The largest absolute Gasteiger partial charge is 0.430 e. The predicted octanol–water partition coefficient (Wildman–Crippen LogP) is 3.91. The molecule has 1 aromatic carbocycles. The van der Waals surface area contributed by atoms with E-state index in [1.54, 1.807) is 4.90 Å². The zero-order chi connectivity index (χ0) is 28.7. The summed E-state index contributed by atoms with van der Waals surface area (Å²) in [6.07, 6.45) is -10.9. The first-order chi connectivity index (χ1) is 17.3. The molecule has 1 aromatic heterocycles. The lowest BCUT2D eigenvalue weighted by Crippen LogP contribution is -2.55. The quantitative estimate of drug-likeness (QED) is 0.432. The third-order valence-electron chi connectivity index (χ3n) is 5.79. The van der Waals surface area contributed by atoms with Gasteiger partial charge in [0.2, 0.25) is 10.0 Å². The van der Waals surface area contributed by atoms with E-state index in [4.69, 9.17) is 5.73 Å². The highest BCUT2D eigenvalue weighted by molar-refractivity contribution is 7.89. The molecule has 2 aromatic rings. The normalized spacial score (nSPS) is 18.2. The molecular formula is C24H26F6N4O3S. The topological polar surface area (TPSA) is 99.8 Å². The van der Waals surface area contributed by atoms with Crippen molar-refractivity contribution in [2.45, 2.75) is 49.7 Å². The molecule has 1 fully saturated rings. The number of hydrogen-bond donors (Lipinski definition) is 2. The Kier molecular flexibility index (Phi) is 7.73. The summed E-state index contributed by atoms with van der Waals surface area (Å²) in [5, 5.41) is 9.66. The van der Waals surface area contributed by atoms with Gasteiger partial charge in [-0.2, -0.15) is 30.6 Å². The van der Waals surface area contributed by atoms with Gasteiger partial charge in [0.05, 0.1) is 0 Å². The van der Waals surface area contributed by atoms with Crippen molar-refractivity contribution >= 4 is 21.5 Å². The van der Waals surface area contributed by atoms with Crippen molar-refractivity contribution in [2.75, 3.05) is 30.3 Å². The molecule has 14 heteroatoms.